The smallest absolute Gasteiger partial charge is 0.290 e. The molecular weight excluding hydrogens is 266 g/mol. The molecule has 2 aromatic heterocycles. The Labute approximate surface area is 114 Å². The number of aromatic nitrogens is 2. The average Bonchev–Trinajstić information content (AvgIpc) is 3.04. The molecule has 7 heteroatoms. The summed E-state index contributed by atoms with van der Waals surface area (Å²) < 4.78 is 9.77. The molecule has 1 atom stereocenters. The Kier molecular flexibility index (Phi) is 4.16. The molecule has 1 amide bonds. The molecule has 6 nitrogen and oxygen atoms in total. The van der Waals surface area contributed by atoms with Crippen LogP contribution in [0, 0.1) is 6.92 Å². The van der Waals surface area contributed by atoms with Crippen molar-refractivity contribution in [3.05, 3.63) is 27.9 Å². The second-order valence-corrected chi connectivity index (χ2v) is 5.24. The van der Waals surface area contributed by atoms with E-state index in [0.29, 0.717) is 0 Å². The van der Waals surface area contributed by atoms with Crippen molar-refractivity contribution < 1.29 is 14.1 Å². The van der Waals surface area contributed by atoms with E-state index in [-0.39, 0.29) is 23.6 Å². The Morgan fingerprint density at radius 1 is 1.63 bits per heavy atom. The summed E-state index contributed by atoms with van der Waals surface area (Å²) in [6, 6.07) is 1.33. The van der Waals surface area contributed by atoms with Crippen LogP contribution in [-0.2, 0) is 0 Å². The van der Waals surface area contributed by atoms with E-state index < -0.39 is 0 Å². The number of hydrogen-bond acceptors (Lipinski definition) is 6. The zero-order chi connectivity index (χ0) is 13.8. The minimum absolute atomic E-state index is 0.123. The third kappa shape index (κ3) is 3.11. The molecule has 19 heavy (non-hydrogen) atoms. The minimum atomic E-state index is -0.324. The molecule has 0 aliphatic heterocycles. The molecule has 0 saturated heterocycles. The summed E-state index contributed by atoms with van der Waals surface area (Å²) in [5.41, 5.74) is 0. The van der Waals surface area contributed by atoms with E-state index in [0.717, 1.165) is 16.3 Å². The summed E-state index contributed by atoms with van der Waals surface area (Å²) in [4.78, 5) is 17.4. The maximum Gasteiger partial charge on any atom is 0.290 e. The molecule has 102 valence electrons. The Morgan fingerprint density at radius 3 is 2.95 bits per heavy atom. The van der Waals surface area contributed by atoms with Crippen molar-refractivity contribution >= 4 is 17.2 Å². The first-order chi connectivity index (χ1) is 9.13. The van der Waals surface area contributed by atoms with Crippen LogP contribution in [0.1, 0.15) is 39.8 Å². The van der Waals surface area contributed by atoms with E-state index in [2.05, 4.69) is 15.5 Å². The van der Waals surface area contributed by atoms with Gasteiger partial charge >= 0.3 is 0 Å². The van der Waals surface area contributed by atoms with Gasteiger partial charge in [-0.25, -0.2) is 4.98 Å². The fourth-order valence-electron chi connectivity index (χ4n) is 1.56. The van der Waals surface area contributed by atoms with Crippen molar-refractivity contribution in [1.29, 1.82) is 0 Å². The Bertz CT molecular complexity index is 564. The molecule has 2 rings (SSSR count). The lowest BCUT2D eigenvalue weighted by molar-refractivity contribution is 0.0898. The number of hydrogen-bond donors (Lipinski definition) is 1. The van der Waals surface area contributed by atoms with Gasteiger partial charge in [-0.3, -0.25) is 4.79 Å². The summed E-state index contributed by atoms with van der Waals surface area (Å²) in [5.74, 6) is 0.0855. The van der Waals surface area contributed by atoms with Gasteiger partial charge in [0.25, 0.3) is 11.8 Å². The highest BCUT2D eigenvalue weighted by atomic mass is 32.1. The summed E-state index contributed by atoms with van der Waals surface area (Å²) >= 11 is 1.57. The molecule has 0 saturated carbocycles. The molecular formula is C12H15N3O3S. The molecule has 2 heterocycles. The van der Waals surface area contributed by atoms with Gasteiger partial charge in [0.1, 0.15) is 5.01 Å². The predicted molar refractivity (Wildman–Crippen MR) is 70.4 cm³/mol. The minimum Gasteiger partial charge on any atom is -0.479 e. The van der Waals surface area contributed by atoms with Crippen LogP contribution in [0.15, 0.2) is 16.8 Å². The lowest BCUT2D eigenvalue weighted by Crippen LogP contribution is -2.27. The Morgan fingerprint density at radius 2 is 2.42 bits per heavy atom. The Balaban J connectivity index is 2.08. The number of carbonyl (C=O) groups is 1. The number of amides is 1. The molecule has 0 aromatic carbocycles. The molecule has 0 unspecified atom stereocenters. The lowest BCUT2D eigenvalue weighted by Gasteiger charge is -2.12. The first kappa shape index (κ1) is 13.5. The van der Waals surface area contributed by atoms with Crippen LogP contribution in [0.3, 0.4) is 0 Å². The molecule has 0 fully saturated rings. The number of nitrogens with zero attached hydrogens (tertiary/aromatic N) is 2. The third-order valence-corrected chi connectivity index (χ3v) is 3.60. The number of rotatable bonds is 5. The van der Waals surface area contributed by atoms with E-state index in [1.54, 1.807) is 17.5 Å². The standard InChI is InChI=1S/C12H15N3O3S/c1-4-8(12-13-6-7(2)19-12)14-11(16)9-5-10(17-3)15-18-9/h5-6,8H,4H2,1-3H3,(H,14,16)/t8-/m1/s1. The fraction of sp³-hybridized carbons (Fsp3) is 0.417. The summed E-state index contributed by atoms with van der Waals surface area (Å²) in [6.07, 6.45) is 2.55. The van der Waals surface area contributed by atoms with Crippen molar-refractivity contribution in [2.75, 3.05) is 7.11 Å². The topological polar surface area (TPSA) is 77.2 Å². The first-order valence-electron chi connectivity index (χ1n) is 5.88. The molecule has 0 bridgehead atoms. The van der Waals surface area contributed by atoms with Crippen LogP contribution < -0.4 is 10.1 Å². The van der Waals surface area contributed by atoms with Crippen LogP contribution >= 0.6 is 11.3 Å². The summed E-state index contributed by atoms with van der Waals surface area (Å²) in [5, 5.41) is 7.35. The van der Waals surface area contributed by atoms with Gasteiger partial charge in [-0.2, -0.15) is 0 Å². The SMILES string of the molecule is CC[C@@H](NC(=O)c1cc(OC)no1)c1ncc(C)s1. The van der Waals surface area contributed by atoms with E-state index in [4.69, 9.17) is 9.26 Å². The normalized spacial score (nSPS) is 12.2. The van der Waals surface area contributed by atoms with Crippen LogP contribution in [0.4, 0.5) is 0 Å². The van der Waals surface area contributed by atoms with Crippen molar-refractivity contribution in [3.63, 3.8) is 0 Å². The first-order valence-corrected chi connectivity index (χ1v) is 6.69. The fourth-order valence-corrected chi connectivity index (χ4v) is 2.47. The number of aryl methyl sites for hydroxylation is 1. The monoisotopic (exact) mass is 281 g/mol. The van der Waals surface area contributed by atoms with Gasteiger partial charge in [-0.05, 0) is 18.5 Å². The van der Waals surface area contributed by atoms with Gasteiger partial charge in [0.15, 0.2) is 0 Å². The number of thiazole rings is 1. The molecule has 2 aromatic rings. The largest absolute Gasteiger partial charge is 0.479 e. The van der Waals surface area contributed by atoms with Gasteiger partial charge in [-0.15, -0.1) is 11.3 Å². The van der Waals surface area contributed by atoms with Gasteiger partial charge in [0.2, 0.25) is 5.76 Å². The third-order valence-electron chi connectivity index (χ3n) is 2.57. The van der Waals surface area contributed by atoms with Crippen molar-refractivity contribution in [3.8, 4) is 5.88 Å². The number of nitrogens with one attached hydrogen (secondary N) is 1. The van der Waals surface area contributed by atoms with Crippen molar-refractivity contribution in [2.24, 2.45) is 0 Å². The predicted octanol–water partition coefficient (Wildman–Crippen LogP) is 2.33. The number of methoxy groups -OCH3 is 1. The van der Waals surface area contributed by atoms with Gasteiger partial charge in [-0.1, -0.05) is 6.92 Å². The maximum atomic E-state index is 12.0. The molecule has 0 radical (unpaired) electrons. The van der Waals surface area contributed by atoms with Crippen LogP contribution in [0.2, 0.25) is 0 Å². The van der Waals surface area contributed by atoms with E-state index in [1.165, 1.54) is 13.2 Å². The van der Waals surface area contributed by atoms with E-state index >= 15 is 0 Å². The van der Waals surface area contributed by atoms with Gasteiger partial charge < -0.3 is 14.6 Å². The second kappa shape index (κ2) is 5.83. The zero-order valence-corrected chi connectivity index (χ0v) is 11.8. The van der Waals surface area contributed by atoms with Gasteiger partial charge in [0, 0.05) is 11.1 Å². The van der Waals surface area contributed by atoms with Crippen molar-refractivity contribution in [2.45, 2.75) is 26.3 Å². The Hall–Kier alpha value is -1.89. The number of ether oxygens (including phenoxy) is 1. The van der Waals surface area contributed by atoms with Crippen LogP contribution in [0.5, 0.6) is 5.88 Å². The highest BCUT2D eigenvalue weighted by Crippen LogP contribution is 2.22. The van der Waals surface area contributed by atoms with E-state index in [9.17, 15) is 4.79 Å². The molecule has 1 N–H and O–H groups in total. The van der Waals surface area contributed by atoms with Crippen LogP contribution in [-0.4, -0.2) is 23.2 Å². The average molecular weight is 281 g/mol. The van der Waals surface area contributed by atoms with Crippen molar-refractivity contribution in [1.82, 2.24) is 15.5 Å². The highest BCUT2D eigenvalue weighted by Gasteiger charge is 2.20. The summed E-state index contributed by atoms with van der Waals surface area (Å²) in [7, 11) is 1.47. The maximum absolute atomic E-state index is 12.0. The van der Waals surface area contributed by atoms with Gasteiger partial charge in [0.05, 0.1) is 19.2 Å². The molecule has 0 aliphatic rings. The van der Waals surface area contributed by atoms with Crippen LogP contribution in [0.25, 0.3) is 0 Å². The quantitative estimate of drug-likeness (QED) is 0.910. The molecule has 0 aliphatic carbocycles. The second-order valence-electron chi connectivity index (χ2n) is 3.98. The lowest BCUT2D eigenvalue weighted by atomic mass is 10.2. The number of carbonyl (C=O) groups excluding carboxylic acids is 1. The zero-order valence-electron chi connectivity index (χ0n) is 11.0. The van der Waals surface area contributed by atoms with E-state index in [1.807, 2.05) is 13.8 Å². The highest BCUT2D eigenvalue weighted by molar-refractivity contribution is 7.11. The summed E-state index contributed by atoms with van der Waals surface area (Å²) in [6.45, 7) is 3.97. The molecule has 0 spiro atoms.